The number of hydrogen-bond donors (Lipinski definition) is 4. The van der Waals surface area contributed by atoms with Crippen molar-refractivity contribution in [3.63, 3.8) is 0 Å². The third kappa shape index (κ3) is 3.96. The number of nitrogens with zero attached hydrogens (tertiary/aromatic N) is 4. The minimum Gasteiger partial charge on any atom is -0.394 e. The van der Waals surface area contributed by atoms with Crippen molar-refractivity contribution in [2.24, 2.45) is 0 Å². The first-order valence-electron chi connectivity index (χ1n) is 9.36. The maximum Gasteiger partial charge on any atom is 0.330 e. The molecule has 3 aromatic rings. The van der Waals surface area contributed by atoms with E-state index in [1.807, 2.05) is 30.3 Å². The van der Waals surface area contributed by atoms with Crippen molar-refractivity contribution in [2.75, 3.05) is 6.61 Å². The highest BCUT2D eigenvalue weighted by Crippen LogP contribution is 2.28. The zero-order valence-corrected chi connectivity index (χ0v) is 15.8. The number of aromatic amines is 1. The normalized spacial score (nSPS) is 23.7. The molecule has 4 N–H and O–H groups in total. The molecule has 4 rings (SSSR count). The Hall–Kier alpha value is -3.12. The van der Waals surface area contributed by atoms with E-state index < -0.39 is 42.4 Å². The van der Waals surface area contributed by atoms with Gasteiger partial charge in [0.2, 0.25) is 0 Å². The summed E-state index contributed by atoms with van der Waals surface area (Å²) in [5.41, 5.74) is 0.374. The highest BCUT2D eigenvalue weighted by molar-refractivity contribution is 5.17. The fourth-order valence-corrected chi connectivity index (χ4v) is 3.41. The Balaban J connectivity index is 1.56. The Kier molecular flexibility index (Phi) is 5.59. The SMILES string of the molecule is O=c1[nH]c(=O)n([C@@H]2O[C@H](CO)C(O)[C@@H]2O)cc1Cc1cn(Cc2ccccc2)nn1. The van der Waals surface area contributed by atoms with Crippen molar-refractivity contribution in [1.29, 1.82) is 0 Å². The molecule has 1 aliphatic rings. The quantitative estimate of drug-likeness (QED) is 0.374. The summed E-state index contributed by atoms with van der Waals surface area (Å²) in [6.45, 7) is -0.00353. The largest absolute Gasteiger partial charge is 0.394 e. The van der Waals surface area contributed by atoms with E-state index in [1.165, 1.54) is 6.20 Å². The molecule has 158 valence electrons. The van der Waals surface area contributed by atoms with Crippen LogP contribution in [0, 0.1) is 0 Å². The van der Waals surface area contributed by atoms with Crippen molar-refractivity contribution in [1.82, 2.24) is 24.5 Å². The van der Waals surface area contributed by atoms with Gasteiger partial charge in [-0.3, -0.25) is 14.3 Å². The number of benzene rings is 1. The second kappa shape index (κ2) is 8.32. The summed E-state index contributed by atoms with van der Waals surface area (Å²) >= 11 is 0. The molecule has 0 amide bonds. The van der Waals surface area contributed by atoms with Crippen molar-refractivity contribution >= 4 is 0 Å². The maximum absolute atomic E-state index is 12.3. The Morgan fingerprint density at radius 3 is 2.57 bits per heavy atom. The summed E-state index contributed by atoms with van der Waals surface area (Å²) in [6.07, 6.45) is -2.02. The second-order valence-electron chi connectivity index (χ2n) is 7.12. The molecule has 1 fully saturated rings. The monoisotopic (exact) mass is 415 g/mol. The molecule has 0 radical (unpaired) electrons. The molecular formula is C19H21N5O6. The van der Waals surface area contributed by atoms with Gasteiger partial charge in [-0.25, -0.2) is 9.48 Å². The highest BCUT2D eigenvalue weighted by Gasteiger charge is 2.43. The van der Waals surface area contributed by atoms with Crippen molar-refractivity contribution < 1.29 is 20.1 Å². The summed E-state index contributed by atoms with van der Waals surface area (Å²) in [7, 11) is 0. The van der Waals surface area contributed by atoms with Gasteiger partial charge in [-0.05, 0) is 5.56 Å². The molecule has 0 bridgehead atoms. The first-order valence-corrected chi connectivity index (χ1v) is 9.36. The molecule has 4 atom stereocenters. The number of rotatable bonds is 6. The van der Waals surface area contributed by atoms with Crippen LogP contribution in [0.25, 0.3) is 0 Å². The molecule has 2 aromatic heterocycles. The number of hydrogen-bond acceptors (Lipinski definition) is 8. The zero-order valence-electron chi connectivity index (χ0n) is 15.8. The second-order valence-corrected chi connectivity index (χ2v) is 7.12. The highest BCUT2D eigenvalue weighted by atomic mass is 16.6. The number of nitrogens with one attached hydrogen (secondary N) is 1. The fraction of sp³-hybridized carbons (Fsp3) is 0.368. The molecule has 0 saturated carbocycles. The Bertz CT molecular complexity index is 1120. The average molecular weight is 415 g/mol. The van der Waals surface area contributed by atoms with Gasteiger partial charge in [-0.15, -0.1) is 5.10 Å². The van der Waals surface area contributed by atoms with E-state index in [0.29, 0.717) is 12.2 Å². The average Bonchev–Trinajstić information content (AvgIpc) is 3.29. The number of H-pyrrole nitrogens is 1. The number of aromatic nitrogens is 5. The molecular weight excluding hydrogens is 394 g/mol. The van der Waals surface area contributed by atoms with Crippen LogP contribution in [0.4, 0.5) is 0 Å². The summed E-state index contributed by atoms with van der Waals surface area (Å²) in [5.74, 6) is 0. The maximum atomic E-state index is 12.3. The lowest BCUT2D eigenvalue weighted by atomic mass is 10.1. The topological polar surface area (TPSA) is 155 Å². The van der Waals surface area contributed by atoms with Gasteiger partial charge in [-0.2, -0.15) is 0 Å². The van der Waals surface area contributed by atoms with Crippen LogP contribution in [0.1, 0.15) is 23.0 Å². The summed E-state index contributed by atoms with van der Waals surface area (Å²) < 4.78 is 8.01. The third-order valence-corrected chi connectivity index (χ3v) is 4.98. The molecule has 1 aliphatic heterocycles. The van der Waals surface area contributed by atoms with E-state index in [9.17, 15) is 24.9 Å². The van der Waals surface area contributed by atoms with Crippen LogP contribution >= 0.6 is 0 Å². The number of ether oxygens (including phenoxy) is 1. The van der Waals surface area contributed by atoms with Gasteiger partial charge in [0.05, 0.1) is 18.8 Å². The molecule has 11 heteroatoms. The van der Waals surface area contributed by atoms with Gasteiger partial charge in [0.15, 0.2) is 6.23 Å². The lowest BCUT2D eigenvalue weighted by Crippen LogP contribution is -2.39. The van der Waals surface area contributed by atoms with Gasteiger partial charge in [0.1, 0.15) is 18.3 Å². The Morgan fingerprint density at radius 1 is 1.10 bits per heavy atom. The lowest BCUT2D eigenvalue weighted by molar-refractivity contribution is -0.0551. The first-order chi connectivity index (χ1) is 14.5. The lowest BCUT2D eigenvalue weighted by Gasteiger charge is -2.17. The van der Waals surface area contributed by atoms with E-state index in [-0.39, 0.29) is 12.0 Å². The van der Waals surface area contributed by atoms with Gasteiger partial charge >= 0.3 is 5.69 Å². The molecule has 30 heavy (non-hydrogen) atoms. The smallest absolute Gasteiger partial charge is 0.330 e. The van der Waals surface area contributed by atoms with Crippen LogP contribution in [0.3, 0.4) is 0 Å². The summed E-state index contributed by atoms with van der Waals surface area (Å²) in [4.78, 5) is 26.7. The first kappa shape index (κ1) is 20.2. The van der Waals surface area contributed by atoms with E-state index in [4.69, 9.17) is 4.74 Å². The van der Waals surface area contributed by atoms with Crippen LogP contribution in [0.5, 0.6) is 0 Å². The van der Waals surface area contributed by atoms with Crippen molar-refractivity contribution in [2.45, 2.75) is 37.5 Å². The van der Waals surface area contributed by atoms with Gasteiger partial charge < -0.3 is 20.1 Å². The molecule has 1 unspecified atom stereocenters. The molecule has 0 aliphatic carbocycles. The summed E-state index contributed by atoms with van der Waals surface area (Å²) in [5, 5.41) is 37.4. The zero-order chi connectivity index (χ0) is 21.3. The molecule has 11 nitrogen and oxygen atoms in total. The van der Waals surface area contributed by atoms with Crippen LogP contribution < -0.4 is 11.2 Å². The van der Waals surface area contributed by atoms with E-state index in [1.54, 1.807) is 10.9 Å². The van der Waals surface area contributed by atoms with Crippen LogP contribution in [0.15, 0.2) is 52.3 Å². The van der Waals surface area contributed by atoms with Crippen LogP contribution in [0.2, 0.25) is 0 Å². The molecule has 3 heterocycles. The number of aliphatic hydroxyl groups excluding tert-OH is 3. The van der Waals surface area contributed by atoms with E-state index >= 15 is 0 Å². The number of aliphatic hydroxyl groups is 3. The Labute approximate surface area is 169 Å². The van der Waals surface area contributed by atoms with E-state index in [2.05, 4.69) is 15.3 Å². The standard InChI is InChI=1S/C19H21N5O6/c25-10-14-15(26)16(27)18(30-14)24-8-12(17(28)20-19(24)29)6-13-9-23(22-21-13)7-11-4-2-1-3-5-11/h1-5,8-9,14-16,18,25-27H,6-7,10H2,(H,20,28,29)/t14-,15?,16+,18-/m1/s1. The minimum absolute atomic E-state index is 0.0964. The van der Waals surface area contributed by atoms with Crippen molar-refractivity contribution in [3.05, 3.63) is 80.4 Å². The Morgan fingerprint density at radius 2 is 1.87 bits per heavy atom. The van der Waals surface area contributed by atoms with Gasteiger partial charge in [0.25, 0.3) is 5.56 Å². The van der Waals surface area contributed by atoms with Crippen LogP contribution in [-0.2, 0) is 17.7 Å². The van der Waals surface area contributed by atoms with Crippen molar-refractivity contribution in [3.8, 4) is 0 Å². The van der Waals surface area contributed by atoms with Gasteiger partial charge in [0, 0.05) is 24.4 Å². The predicted molar refractivity (Wildman–Crippen MR) is 103 cm³/mol. The van der Waals surface area contributed by atoms with Crippen LogP contribution in [-0.4, -0.2) is 64.8 Å². The minimum atomic E-state index is -1.44. The predicted octanol–water partition coefficient (Wildman–Crippen LogP) is -1.62. The molecule has 1 aromatic carbocycles. The third-order valence-electron chi connectivity index (χ3n) is 4.98. The fourth-order valence-electron chi connectivity index (χ4n) is 3.41. The van der Waals surface area contributed by atoms with E-state index in [0.717, 1.165) is 10.1 Å². The molecule has 0 spiro atoms. The van der Waals surface area contributed by atoms with Gasteiger partial charge in [-0.1, -0.05) is 35.5 Å². The summed E-state index contributed by atoms with van der Waals surface area (Å²) in [6, 6.07) is 9.69. The molecule has 1 saturated heterocycles.